The molecule has 1 aromatic carbocycles. The number of hydrogen-bond donors (Lipinski definition) is 2. The Morgan fingerprint density at radius 2 is 1.95 bits per heavy atom. The summed E-state index contributed by atoms with van der Waals surface area (Å²) in [6.45, 7) is 1.60. The van der Waals surface area contributed by atoms with E-state index < -0.39 is 28.1 Å². The van der Waals surface area contributed by atoms with E-state index in [4.69, 9.17) is 9.84 Å². The van der Waals surface area contributed by atoms with E-state index >= 15 is 0 Å². The average molecular weight is 301 g/mol. The first-order valence-electron chi connectivity index (χ1n) is 6.13. The second kappa shape index (κ2) is 7.37. The highest BCUT2D eigenvalue weighted by Gasteiger charge is 2.25. The minimum atomic E-state index is -3.71. The van der Waals surface area contributed by atoms with Gasteiger partial charge in [0.1, 0.15) is 6.04 Å². The summed E-state index contributed by atoms with van der Waals surface area (Å²) in [6.07, 6.45) is -0.407. The maximum Gasteiger partial charge on any atom is 0.322 e. The number of methoxy groups -OCH3 is 1. The van der Waals surface area contributed by atoms with Gasteiger partial charge in [-0.05, 0) is 18.9 Å². The molecule has 0 aliphatic carbocycles. The highest BCUT2D eigenvalue weighted by Crippen LogP contribution is 2.05. The van der Waals surface area contributed by atoms with Crippen molar-refractivity contribution < 1.29 is 23.1 Å². The third-order valence-electron chi connectivity index (χ3n) is 2.76. The smallest absolute Gasteiger partial charge is 0.322 e. The van der Waals surface area contributed by atoms with E-state index in [2.05, 4.69) is 4.72 Å². The zero-order valence-electron chi connectivity index (χ0n) is 11.4. The fourth-order valence-electron chi connectivity index (χ4n) is 1.67. The van der Waals surface area contributed by atoms with Gasteiger partial charge in [0.05, 0.1) is 11.9 Å². The van der Waals surface area contributed by atoms with Crippen molar-refractivity contribution in [2.24, 2.45) is 0 Å². The summed E-state index contributed by atoms with van der Waals surface area (Å²) in [5.41, 5.74) is 0.752. The molecule has 6 nitrogen and oxygen atoms in total. The number of hydrogen-bond acceptors (Lipinski definition) is 4. The van der Waals surface area contributed by atoms with Crippen molar-refractivity contribution >= 4 is 16.0 Å². The van der Waals surface area contributed by atoms with Crippen LogP contribution in [0.25, 0.3) is 0 Å². The lowest BCUT2D eigenvalue weighted by Gasteiger charge is -2.16. The molecule has 0 aromatic heterocycles. The second-order valence-electron chi connectivity index (χ2n) is 4.53. The lowest BCUT2D eigenvalue weighted by Crippen LogP contribution is -2.44. The first-order chi connectivity index (χ1) is 9.34. The highest BCUT2D eigenvalue weighted by molar-refractivity contribution is 7.89. The van der Waals surface area contributed by atoms with Crippen molar-refractivity contribution in [3.8, 4) is 0 Å². The third kappa shape index (κ3) is 5.68. The molecule has 1 unspecified atom stereocenters. The number of ether oxygens (including phenoxy) is 1. The van der Waals surface area contributed by atoms with Gasteiger partial charge in [-0.25, -0.2) is 13.1 Å². The number of carbonyl (C=O) groups is 1. The molecule has 1 aromatic rings. The molecular formula is C13H19NO5S. The summed E-state index contributed by atoms with van der Waals surface area (Å²) in [7, 11) is -2.31. The number of carboxylic acid groups (broad SMARTS) is 1. The molecule has 0 saturated carbocycles. The van der Waals surface area contributed by atoms with Gasteiger partial charge in [-0.2, -0.15) is 0 Å². The molecule has 0 aliphatic rings. The zero-order chi connectivity index (χ0) is 15.2. The Morgan fingerprint density at radius 3 is 2.45 bits per heavy atom. The average Bonchev–Trinajstić information content (AvgIpc) is 2.38. The molecule has 0 radical (unpaired) electrons. The Balaban J connectivity index is 2.75. The molecule has 0 fully saturated rings. The minimum absolute atomic E-state index is 0.0940. The van der Waals surface area contributed by atoms with Gasteiger partial charge in [0, 0.05) is 7.11 Å². The number of rotatable bonds is 8. The predicted octanol–water partition coefficient (Wildman–Crippen LogP) is 0.637. The summed E-state index contributed by atoms with van der Waals surface area (Å²) >= 11 is 0. The molecular weight excluding hydrogens is 282 g/mol. The molecule has 0 heterocycles. The molecule has 112 valence electrons. The molecule has 1 rings (SSSR count). The molecule has 0 spiro atoms. The van der Waals surface area contributed by atoms with Crippen LogP contribution in [0.2, 0.25) is 0 Å². The van der Waals surface area contributed by atoms with Crippen molar-refractivity contribution in [1.29, 1.82) is 0 Å². The van der Waals surface area contributed by atoms with Crippen LogP contribution in [-0.2, 0) is 26.0 Å². The first kappa shape index (κ1) is 16.6. The number of nitrogens with one attached hydrogen (secondary N) is 1. The van der Waals surface area contributed by atoms with Gasteiger partial charge in [-0.1, -0.05) is 30.3 Å². The molecule has 7 heteroatoms. The highest BCUT2D eigenvalue weighted by atomic mass is 32.2. The zero-order valence-corrected chi connectivity index (χ0v) is 12.3. The van der Waals surface area contributed by atoms with Gasteiger partial charge in [-0.15, -0.1) is 0 Å². The van der Waals surface area contributed by atoms with Crippen LogP contribution in [0.5, 0.6) is 0 Å². The molecule has 0 aliphatic heterocycles. The van der Waals surface area contributed by atoms with Crippen LogP contribution in [-0.4, -0.2) is 44.5 Å². The van der Waals surface area contributed by atoms with E-state index in [0.717, 1.165) is 5.56 Å². The Kier molecular flexibility index (Phi) is 6.12. The number of carboxylic acids is 1. The fourth-order valence-corrected chi connectivity index (χ4v) is 3.14. The van der Waals surface area contributed by atoms with Gasteiger partial charge in [0.15, 0.2) is 0 Å². The first-order valence-corrected chi connectivity index (χ1v) is 7.79. The number of sulfonamides is 1. The summed E-state index contributed by atoms with van der Waals surface area (Å²) < 4.78 is 30.8. The van der Waals surface area contributed by atoms with E-state index in [0.29, 0.717) is 0 Å². The lowest BCUT2D eigenvalue weighted by molar-refractivity contribution is -0.138. The fraction of sp³-hybridized carbons (Fsp3) is 0.462. The predicted molar refractivity (Wildman–Crippen MR) is 75.0 cm³/mol. The van der Waals surface area contributed by atoms with Crippen molar-refractivity contribution in [1.82, 2.24) is 4.72 Å². The number of benzene rings is 1. The molecule has 2 atom stereocenters. The van der Waals surface area contributed by atoms with Crippen LogP contribution in [0, 0.1) is 0 Å². The summed E-state index contributed by atoms with van der Waals surface area (Å²) in [6, 6.07) is 7.67. The largest absolute Gasteiger partial charge is 0.480 e. The van der Waals surface area contributed by atoms with Gasteiger partial charge < -0.3 is 9.84 Å². The molecule has 20 heavy (non-hydrogen) atoms. The van der Waals surface area contributed by atoms with Crippen LogP contribution in [0.1, 0.15) is 12.5 Å². The maximum absolute atomic E-state index is 11.9. The van der Waals surface area contributed by atoms with Crippen LogP contribution in [0.3, 0.4) is 0 Å². The van der Waals surface area contributed by atoms with Crippen LogP contribution >= 0.6 is 0 Å². The Bertz CT molecular complexity index is 529. The van der Waals surface area contributed by atoms with Gasteiger partial charge in [0.2, 0.25) is 10.0 Å². The van der Waals surface area contributed by atoms with Crippen LogP contribution in [0.15, 0.2) is 30.3 Å². The number of aliphatic carboxylic acids is 1. The molecule has 0 amide bonds. The SMILES string of the molecule is COC(C)CS(=O)(=O)N[C@@H](Cc1ccccc1)C(=O)O. The molecule has 2 N–H and O–H groups in total. The summed E-state index contributed by atoms with van der Waals surface area (Å²) in [5.74, 6) is -1.48. The Labute approximate surface area is 118 Å². The molecule has 0 bridgehead atoms. The monoisotopic (exact) mass is 301 g/mol. The lowest BCUT2D eigenvalue weighted by atomic mass is 10.1. The van der Waals surface area contributed by atoms with Gasteiger partial charge in [-0.3, -0.25) is 4.79 Å². The Hall–Kier alpha value is -1.44. The maximum atomic E-state index is 11.9. The standard InChI is InChI=1S/C13H19NO5S/c1-10(19-2)9-20(17,18)14-12(13(15)16)8-11-6-4-3-5-7-11/h3-7,10,12,14H,8-9H2,1-2H3,(H,15,16)/t10?,12-/m0/s1. The third-order valence-corrected chi connectivity index (χ3v) is 4.31. The normalized spacial score (nSPS) is 14.7. The summed E-state index contributed by atoms with van der Waals surface area (Å²) in [5, 5.41) is 9.13. The van der Waals surface area contributed by atoms with Crippen molar-refractivity contribution in [3.63, 3.8) is 0 Å². The van der Waals surface area contributed by atoms with Crippen molar-refractivity contribution in [2.45, 2.75) is 25.5 Å². The van der Waals surface area contributed by atoms with Crippen LogP contribution in [0.4, 0.5) is 0 Å². The molecule has 0 saturated heterocycles. The van der Waals surface area contributed by atoms with Crippen molar-refractivity contribution in [2.75, 3.05) is 12.9 Å². The van der Waals surface area contributed by atoms with E-state index in [1.54, 1.807) is 31.2 Å². The van der Waals surface area contributed by atoms with Crippen LogP contribution < -0.4 is 4.72 Å². The summed E-state index contributed by atoms with van der Waals surface area (Å²) in [4.78, 5) is 11.2. The minimum Gasteiger partial charge on any atom is -0.480 e. The van der Waals surface area contributed by atoms with E-state index in [1.165, 1.54) is 7.11 Å². The van der Waals surface area contributed by atoms with E-state index in [-0.39, 0.29) is 12.2 Å². The quantitative estimate of drug-likeness (QED) is 0.735. The van der Waals surface area contributed by atoms with Crippen molar-refractivity contribution in [3.05, 3.63) is 35.9 Å². The second-order valence-corrected chi connectivity index (χ2v) is 6.32. The van der Waals surface area contributed by atoms with E-state index in [9.17, 15) is 13.2 Å². The topological polar surface area (TPSA) is 92.7 Å². The van der Waals surface area contributed by atoms with Gasteiger partial charge >= 0.3 is 5.97 Å². The van der Waals surface area contributed by atoms with E-state index in [1.807, 2.05) is 6.07 Å². The van der Waals surface area contributed by atoms with Gasteiger partial charge in [0.25, 0.3) is 0 Å². The Morgan fingerprint density at radius 1 is 1.35 bits per heavy atom.